The van der Waals surface area contributed by atoms with Gasteiger partial charge in [0.05, 0.1) is 6.04 Å². The van der Waals surface area contributed by atoms with Crippen molar-refractivity contribution < 1.29 is 4.79 Å². The van der Waals surface area contributed by atoms with Crippen molar-refractivity contribution in [1.29, 1.82) is 0 Å². The van der Waals surface area contributed by atoms with Crippen molar-refractivity contribution in [2.24, 2.45) is 5.73 Å². The van der Waals surface area contributed by atoms with E-state index in [1.54, 1.807) is 6.92 Å². The quantitative estimate of drug-likeness (QED) is 0.843. The molecule has 3 nitrogen and oxygen atoms in total. The number of hydrogen-bond acceptors (Lipinski definition) is 2. The summed E-state index contributed by atoms with van der Waals surface area (Å²) < 4.78 is 0. The SMILES string of the molecule is CCC(CC)(CNC(=O)[C@@H](C)N)c1ccc(Cl)cc1. The van der Waals surface area contributed by atoms with Gasteiger partial charge in [0.15, 0.2) is 0 Å². The lowest BCUT2D eigenvalue weighted by Crippen LogP contribution is -2.45. The van der Waals surface area contributed by atoms with Crippen LogP contribution in [0.3, 0.4) is 0 Å². The van der Waals surface area contributed by atoms with Gasteiger partial charge in [0.1, 0.15) is 0 Å². The number of carbonyl (C=O) groups excluding carboxylic acids is 1. The summed E-state index contributed by atoms with van der Waals surface area (Å²) in [5.74, 6) is -0.111. The average Bonchev–Trinajstić information content (AvgIpc) is 2.41. The number of carbonyl (C=O) groups is 1. The fourth-order valence-corrected chi connectivity index (χ4v) is 2.36. The summed E-state index contributed by atoms with van der Waals surface area (Å²) in [6, 6.07) is 7.38. The van der Waals surface area contributed by atoms with Gasteiger partial charge in [-0.3, -0.25) is 4.79 Å². The first-order valence-electron chi connectivity index (χ1n) is 6.74. The van der Waals surface area contributed by atoms with E-state index < -0.39 is 6.04 Å². The molecule has 106 valence electrons. The monoisotopic (exact) mass is 282 g/mol. The lowest BCUT2D eigenvalue weighted by molar-refractivity contribution is -0.122. The third-order valence-electron chi connectivity index (χ3n) is 3.82. The second kappa shape index (κ2) is 6.92. The Bertz CT molecular complexity index is 411. The molecule has 0 heterocycles. The van der Waals surface area contributed by atoms with Gasteiger partial charge in [-0.1, -0.05) is 37.6 Å². The van der Waals surface area contributed by atoms with E-state index in [1.807, 2.05) is 24.3 Å². The first-order valence-corrected chi connectivity index (χ1v) is 7.12. The summed E-state index contributed by atoms with van der Waals surface area (Å²) in [5.41, 5.74) is 6.72. The van der Waals surface area contributed by atoms with Crippen LogP contribution in [-0.2, 0) is 10.2 Å². The summed E-state index contributed by atoms with van der Waals surface area (Å²) >= 11 is 5.93. The van der Waals surface area contributed by atoms with E-state index in [-0.39, 0.29) is 11.3 Å². The van der Waals surface area contributed by atoms with Crippen LogP contribution in [0.2, 0.25) is 5.02 Å². The van der Waals surface area contributed by atoms with E-state index in [9.17, 15) is 4.79 Å². The zero-order valence-electron chi connectivity index (χ0n) is 11.9. The maximum absolute atomic E-state index is 11.6. The molecular weight excluding hydrogens is 260 g/mol. The maximum atomic E-state index is 11.6. The molecule has 1 aromatic rings. The molecule has 1 amide bonds. The molecule has 0 aromatic heterocycles. The standard InChI is InChI=1S/C15H23ClN2O/c1-4-15(5-2,10-18-14(19)11(3)17)12-6-8-13(16)9-7-12/h6-9,11H,4-5,10,17H2,1-3H3,(H,18,19)/t11-/m1/s1. The van der Waals surface area contributed by atoms with Gasteiger partial charge in [-0.05, 0) is 37.5 Å². The smallest absolute Gasteiger partial charge is 0.236 e. The Morgan fingerprint density at radius 3 is 2.26 bits per heavy atom. The number of nitrogens with one attached hydrogen (secondary N) is 1. The van der Waals surface area contributed by atoms with Gasteiger partial charge >= 0.3 is 0 Å². The van der Waals surface area contributed by atoms with Gasteiger partial charge in [0.25, 0.3) is 0 Å². The van der Waals surface area contributed by atoms with Crippen molar-refractivity contribution in [2.75, 3.05) is 6.54 Å². The summed E-state index contributed by atoms with van der Waals surface area (Å²) in [6.07, 6.45) is 1.90. The number of amides is 1. The minimum absolute atomic E-state index is 0.0604. The predicted octanol–water partition coefficient (Wildman–Crippen LogP) is 2.86. The molecule has 3 N–H and O–H groups in total. The molecule has 0 bridgehead atoms. The third-order valence-corrected chi connectivity index (χ3v) is 4.08. The Morgan fingerprint density at radius 2 is 1.84 bits per heavy atom. The van der Waals surface area contributed by atoms with Crippen LogP contribution >= 0.6 is 11.6 Å². The normalized spacial score (nSPS) is 13.1. The van der Waals surface area contributed by atoms with Crippen LogP contribution in [0, 0.1) is 0 Å². The zero-order chi connectivity index (χ0) is 14.5. The number of hydrogen-bond donors (Lipinski definition) is 2. The largest absolute Gasteiger partial charge is 0.354 e. The van der Waals surface area contributed by atoms with Crippen LogP contribution in [0.15, 0.2) is 24.3 Å². The Kier molecular flexibility index (Phi) is 5.83. The summed E-state index contributed by atoms with van der Waals surface area (Å²) in [5, 5.41) is 3.67. The first-order chi connectivity index (χ1) is 8.95. The highest BCUT2D eigenvalue weighted by molar-refractivity contribution is 6.30. The summed E-state index contributed by atoms with van der Waals surface area (Å²) in [4.78, 5) is 11.6. The Balaban J connectivity index is 2.90. The minimum atomic E-state index is -0.475. The predicted molar refractivity (Wildman–Crippen MR) is 80.4 cm³/mol. The van der Waals surface area contributed by atoms with Crippen LogP contribution in [0.5, 0.6) is 0 Å². The number of halogens is 1. The summed E-state index contributed by atoms with van der Waals surface area (Å²) in [7, 11) is 0. The molecular formula is C15H23ClN2O. The molecule has 1 aromatic carbocycles. The van der Waals surface area contributed by atoms with Crippen molar-refractivity contribution in [1.82, 2.24) is 5.32 Å². The van der Waals surface area contributed by atoms with E-state index in [0.29, 0.717) is 6.54 Å². The molecule has 0 saturated heterocycles. The Morgan fingerprint density at radius 1 is 1.32 bits per heavy atom. The van der Waals surface area contributed by atoms with Crippen LogP contribution in [0.25, 0.3) is 0 Å². The van der Waals surface area contributed by atoms with Gasteiger partial charge in [-0.15, -0.1) is 0 Å². The van der Waals surface area contributed by atoms with Gasteiger partial charge in [-0.25, -0.2) is 0 Å². The Labute approximate surface area is 120 Å². The van der Waals surface area contributed by atoms with Crippen molar-refractivity contribution in [3.8, 4) is 0 Å². The van der Waals surface area contributed by atoms with Crippen LogP contribution in [0.1, 0.15) is 39.2 Å². The second-order valence-electron chi connectivity index (χ2n) is 5.00. The van der Waals surface area contributed by atoms with Crippen LogP contribution in [-0.4, -0.2) is 18.5 Å². The molecule has 1 rings (SSSR count). The molecule has 0 unspecified atom stereocenters. The van der Waals surface area contributed by atoms with Crippen LogP contribution in [0.4, 0.5) is 0 Å². The Hall–Kier alpha value is -1.06. The second-order valence-corrected chi connectivity index (χ2v) is 5.44. The fourth-order valence-electron chi connectivity index (χ4n) is 2.23. The van der Waals surface area contributed by atoms with Crippen molar-refractivity contribution in [3.63, 3.8) is 0 Å². The zero-order valence-corrected chi connectivity index (χ0v) is 12.6. The van der Waals surface area contributed by atoms with E-state index in [1.165, 1.54) is 5.56 Å². The highest BCUT2D eigenvalue weighted by Crippen LogP contribution is 2.31. The maximum Gasteiger partial charge on any atom is 0.236 e. The fraction of sp³-hybridized carbons (Fsp3) is 0.533. The van der Waals surface area contributed by atoms with Gasteiger partial charge in [0.2, 0.25) is 5.91 Å². The molecule has 0 aliphatic carbocycles. The molecule has 0 spiro atoms. The van der Waals surface area contributed by atoms with Crippen molar-refractivity contribution in [3.05, 3.63) is 34.9 Å². The molecule has 19 heavy (non-hydrogen) atoms. The molecule has 0 radical (unpaired) electrons. The number of nitrogens with two attached hydrogens (primary N) is 1. The van der Waals surface area contributed by atoms with Crippen molar-refractivity contribution in [2.45, 2.75) is 45.1 Å². The highest BCUT2D eigenvalue weighted by Gasteiger charge is 2.29. The van der Waals surface area contributed by atoms with E-state index >= 15 is 0 Å². The molecule has 1 atom stereocenters. The minimum Gasteiger partial charge on any atom is -0.354 e. The number of benzene rings is 1. The lowest BCUT2D eigenvalue weighted by Gasteiger charge is -2.33. The van der Waals surface area contributed by atoms with Gasteiger partial charge in [-0.2, -0.15) is 0 Å². The van der Waals surface area contributed by atoms with E-state index in [2.05, 4.69) is 19.2 Å². The molecule has 0 fully saturated rings. The first kappa shape index (κ1) is 16.0. The van der Waals surface area contributed by atoms with E-state index in [0.717, 1.165) is 17.9 Å². The molecule has 0 aliphatic heterocycles. The highest BCUT2D eigenvalue weighted by atomic mass is 35.5. The molecule has 0 aliphatic rings. The molecule has 4 heteroatoms. The lowest BCUT2D eigenvalue weighted by atomic mass is 9.76. The third kappa shape index (κ3) is 3.95. The number of rotatable bonds is 6. The molecule has 0 saturated carbocycles. The average molecular weight is 283 g/mol. The van der Waals surface area contributed by atoms with E-state index in [4.69, 9.17) is 17.3 Å². The van der Waals surface area contributed by atoms with Crippen LogP contribution < -0.4 is 11.1 Å². The summed E-state index contributed by atoms with van der Waals surface area (Å²) in [6.45, 7) is 6.56. The van der Waals surface area contributed by atoms with Crippen molar-refractivity contribution >= 4 is 17.5 Å². The van der Waals surface area contributed by atoms with Gasteiger partial charge < -0.3 is 11.1 Å². The van der Waals surface area contributed by atoms with Gasteiger partial charge in [0, 0.05) is 17.0 Å². The topological polar surface area (TPSA) is 55.1 Å².